The summed E-state index contributed by atoms with van der Waals surface area (Å²) in [5, 5.41) is 1.12. The topological polar surface area (TPSA) is 65.2 Å². The normalized spacial score (nSPS) is 12.1. The molecule has 0 amide bonds. The van der Waals surface area contributed by atoms with E-state index in [1.165, 1.54) is 12.7 Å². The van der Waals surface area contributed by atoms with E-state index in [4.69, 9.17) is 10.5 Å². The van der Waals surface area contributed by atoms with Gasteiger partial charge in [0.05, 0.1) is 18.5 Å². The third-order valence-corrected chi connectivity index (χ3v) is 5.90. The molecule has 1 unspecified atom stereocenters. The minimum atomic E-state index is -0.406. The summed E-state index contributed by atoms with van der Waals surface area (Å²) in [5.41, 5.74) is 12.8. The molecule has 0 aliphatic rings. The summed E-state index contributed by atoms with van der Waals surface area (Å²) >= 11 is 0. The molecule has 0 spiro atoms. The standard InChI is InChI=1S/C28H28N2O2/c1-18(2)23-16-22-8-5-13-30-27(22)25(17-23)20-6-4-7-21(15-20)26(28(31)32-3)14-19-9-11-24(29)12-10-19/h4-13,15-18,26H,14,29H2,1-3H3. The van der Waals surface area contributed by atoms with Crippen LogP contribution in [0.4, 0.5) is 5.69 Å². The average Bonchev–Trinajstić information content (AvgIpc) is 2.82. The van der Waals surface area contributed by atoms with Crippen LogP contribution in [-0.4, -0.2) is 18.1 Å². The Bertz CT molecular complexity index is 1250. The third-order valence-electron chi connectivity index (χ3n) is 5.90. The van der Waals surface area contributed by atoms with Gasteiger partial charge in [-0.25, -0.2) is 0 Å². The molecule has 0 fully saturated rings. The number of hydrogen-bond donors (Lipinski definition) is 1. The Morgan fingerprint density at radius 2 is 1.75 bits per heavy atom. The van der Waals surface area contributed by atoms with E-state index in [0.29, 0.717) is 18.0 Å². The van der Waals surface area contributed by atoms with E-state index in [0.717, 1.165) is 33.2 Å². The molecule has 1 atom stereocenters. The number of benzene rings is 3. The quantitative estimate of drug-likeness (QED) is 0.300. The lowest BCUT2D eigenvalue weighted by Gasteiger charge is -2.17. The largest absolute Gasteiger partial charge is 0.469 e. The molecule has 162 valence electrons. The lowest BCUT2D eigenvalue weighted by Crippen LogP contribution is -2.17. The van der Waals surface area contributed by atoms with Crippen molar-refractivity contribution in [2.75, 3.05) is 12.8 Å². The minimum Gasteiger partial charge on any atom is -0.469 e. The zero-order valence-corrected chi connectivity index (χ0v) is 18.7. The van der Waals surface area contributed by atoms with E-state index in [-0.39, 0.29) is 5.97 Å². The molecule has 2 N–H and O–H groups in total. The minimum absolute atomic E-state index is 0.252. The van der Waals surface area contributed by atoms with Crippen LogP contribution in [0.1, 0.15) is 42.4 Å². The van der Waals surface area contributed by atoms with Crippen LogP contribution >= 0.6 is 0 Å². The Balaban J connectivity index is 1.80. The fourth-order valence-corrected chi connectivity index (χ4v) is 4.06. The first-order chi connectivity index (χ1) is 15.5. The number of fused-ring (bicyclic) bond motifs is 1. The number of ether oxygens (including phenoxy) is 1. The predicted molar refractivity (Wildman–Crippen MR) is 131 cm³/mol. The van der Waals surface area contributed by atoms with Crippen LogP contribution in [-0.2, 0) is 16.0 Å². The van der Waals surface area contributed by atoms with Gasteiger partial charge in [0.2, 0.25) is 0 Å². The Hall–Kier alpha value is -3.66. The van der Waals surface area contributed by atoms with Crippen molar-refractivity contribution in [2.24, 2.45) is 0 Å². The lowest BCUT2D eigenvalue weighted by molar-refractivity contribution is -0.142. The Kier molecular flexibility index (Phi) is 6.22. The first-order valence-electron chi connectivity index (χ1n) is 10.9. The van der Waals surface area contributed by atoms with Gasteiger partial charge in [-0.1, -0.05) is 56.3 Å². The SMILES string of the molecule is COC(=O)C(Cc1ccc(N)cc1)c1cccc(-c2cc(C(C)C)cc3cccnc23)c1. The van der Waals surface area contributed by atoms with Gasteiger partial charge < -0.3 is 10.5 Å². The number of carbonyl (C=O) groups is 1. The van der Waals surface area contributed by atoms with E-state index < -0.39 is 5.92 Å². The maximum Gasteiger partial charge on any atom is 0.313 e. The molecular weight excluding hydrogens is 396 g/mol. The van der Waals surface area contributed by atoms with Crippen molar-refractivity contribution in [3.8, 4) is 11.1 Å². The molecule has 0 aliphatic heterocycles. The summed E-state index contributed by atoms with van der Waals surface area (Å²) in [6, 6.07) is 24.3. The number of carbonyl (C=O) groups excluding carboxylic acids is 1. The number of nitrogen functional groups attached to an aromatic ring is 1. The van der Waals surface area contributed by atoms with Crippen molar-refractivity contribution in [1.29, 1.82) is 0 Å². The smallest absolute Gasteiger partial charge is 0.313 e. The van der Waals surface area contributed by atoms with E-state index in [2.05, 4.69) is 49.2 Å². The molecule has 1 heterocycles. The number of rotatable bonds is 6. The molecule has 32 heavy (non-hydrogen) atoms. The second-order valence-electron chi connectivity index (χ2n) is 8.45. The number of nitrogens with two attached hydrogens (primary N) is 1. The Labute approximate surface area is 189 Å². The van der Waals surface area contributed by atoms with Crippen LogP contribution in [0.2, 0.25) is 0 Å². The van der Waals surface area contributed by atoms with Crippen molar-refractivity contribution in [3.63, 3.8) is 0 Å². The fourth-order valence-electron chi connectivity index (χ4n) is 4.06. The molecule has 0 saturated heterocycles. The number of esters is 1. The van der Waals surface area contributed by atoms with Crippen molar-refractivity contribution < 1.29 is 9.53 Å². The van der Waals surface area contributed by atoms with E-state index in [1.807, 2.05) is 48.7 Å². The lowest BCUT2D eigenvalue weighted by atomic mass is 9.88. The van der Waals surface area contributed by atoms with Crippen LogP contribution in [0.15, 0.2) is 79.0 Å². The van der Waals surface area contributed by atoms with Gasteiger partial charge in [0.15, 0.2) is 0 Å². The molecule has 4 heteroatoms. The van der Waals surface area contributed by atoms with Crippen molar-refractivity contribution in [3.05, 3.63) is 95.7 Å². The van der Waals surface area contributed by atoms with E-state index in [1.54, 1.807) is 0 Å². The van der Waals surface area contributed by atoms with Gasteiger partial charge >= 0.3 is 5.97 Å². The summed E-state index contributed by atoms with van der Waals surface area (Å²) in [6.07, 6.45) is 2.37. The summed E-state index contributed by atoms with van der Waals surface area (Å²) in [4.78, 5) is 17.4. The predicted octanol–water partition coefficient (Wildman–Crippen LogP) is 6.11. The number of anilines is 1. The molecular formula is C28H28N2O2. The summed E-state index contributed by atoms with van der Waals surface area (Å²) < 4.78 is 5.15. The molecule has 0 saturated carbocycles. The second-order valence-corrected chi connectivity index (χ2v) is 8.45. The average molecular weight is 425 g/mol. The van der Waals surface area contributed by atoms with Gasteiger partial charge in [0, 0.05) is 22.8 Å². The fraction of sp³-hybridized carbons (Fsp3) is 0.214. The number of hydrogen-bond acceptors (Lipinski definition) is 4. The molecule has 0 aliphatic carbocycles. The van der Waals surface area contributed by atoms with Gasteiger partial charge in [0.1, 0.15) is 0 Å². The zero-order chi connectivity index (χ0) is 22.7. The highest BCUT2D eigenvalue weighted by atomic mass is 16.5. The van der Waals surface area contributed by atoms with Crippen LogP contribution < -0.4 is 5.73 Å². The molecule has 4 rings (SSSR count). The highest BCUT2D eigenvalue weighted by Gasteiger charge is 2.23. The first kappa shape index (κ1) is 21.6. The zero-order valence-electron chi connectivity index (χ0n) is 18.7. The molecule has 4 nitrogen and oxygen atoms in total. The highest BCUT2D eigenvalue weighted by Crippen LogP contribution is 2.33. The molecule has 0 bridgehead atoms. The van der Waals surface area contributed by atoms with Crippen molar-refractivity contribution in [1.82, 2.24) is 4.98 Å². The van der Waals surface area contributed by atoms with Gasteiger partial charge in [0.25, 0.3) is 0 Å². The van der Waals surface area contributed by atoms with Gasteiger partial charge in [-0.2, -0.15) is 0 Å². The van der Waals surface area contributed by atoms with E-state index >= 15 is 0 Å². The van der Waals surface area contributed by atoms with Crippen molar-refractivity contribution in [2.45, 2.75) is 32.1 Å². The summed E-state index contributed by atoms with van der Waals surface area (Å²) in [7, 11) is 1.44. The van der Waals surface area contributed by atoms with E-state index in [9.17, 15) is 4.79 Å². The number of nitrogens with zero attached hydrogens (tertiary/aromatic N) is 1. The second kappa shape index (κ2) is 9.23. The first-order valence-corrected chi connectivity index (χ1v) is 10.9. The van der Waals surface area contributed by atoms with Gasteiger partial charge in [-0.05, 0) is 64.9 Å². The van der Waals surface area contributed by atoms with Gasteiger partial charge in [-0.15, -0.1) is 0 Å². The summed E-state index contributed by atoms with van der Waals surface area (Å²) in [5.74, 6) is -0.260. The molecule has 0 radical (unpaired) electrons. The third kappa shape index (κ3) is 4.50. The summed E-state index contributed by atoms with van der Waals surface area (Å²) in [6.45, 7) is 4.38. The maximum absolute atomic E-state index is 12.7. The van der Waals surface area contributed by atoms with Gasteiger partial charge in [-0.3, -0.25) is 9.78 Å². The van der Waals surface area contributed by atoms with Crippen LogP contribution in [0.5, 0.6) is 0 Å². The highest BCUT2D eigenvalue weighted by molar-refractivity contribution is 5.94. The molecule has 4 aromatic rings. The van der Waals surface area contributed by atoms with Crippen LogP contribution in [0.25, 0.3) is 22.0 Å². The Morgan fingerprint density at radius 1 is 0.969 bits per heavy atom. The number of pyridine rings is 1. The van der Waals surface area contributed by atoms with Crippen molar-refractivity contribution >= 4 is 22.6 Å². The number of methoxy groups -OCH3 is 1. The number of aromatic nitrogens is 1. The Morgan fingerprint density at radius 3 is 2.47 bits per heavy atom. The molecule has 3 aromatic carbocycles. The van der Waals surface area contributed by atoms with Crippen LogP contribution in [0, 0.1) is 0 Å². The maximum atomic E-state index is 12.7. The van der Waals surface area contributed by atoms with Crippen LogP contribution in [0.3, 0.4) is 0 Å². The molecule has 1 aromatic heterocycles. The monoisotopic (exact) mass is 424 g/mol.